The number of hydrogen-bond acceptors (Lipinski definition) is 2. The van der Waals surface area contributed by atoms with E-state index in [1.165, 1.54) is 0 Å². The van der Waals surface area contributed by atoms with E-state index in [2.05, 4.69) is 32.7 Å². The second kappa shape index (κ2) is 4.76. The van der Waals surface area contributed by atoms with Gasteiger partial charge in [-0.1, -0.05) is 40.2 Å². The number of benzene rings is 1. The first-order chi connectivity index (χ1) is 7.74. The summed E-state index contributed by atoms with van der Waals surface area (Å²) in [6.45, 7) is 4.36. The van der Waals surface area contributed by atoms with E-state index in [0.29, 0.717) is 11.3 Å². The highest BCUT2D eigenvalue weighted by molar-refractivity contribution is 9.10. The van der Waals surface area contributed by atoms with Crippen LogP contribution in [0.5, 0.6) is 0 Å². The van der Waals surface area contributed by atoms with Crippen molar-refractivity contribution < 1.29 is 0 Å². The minimum Gasteiger partial charge on any atom is -0.296 e. The van der Waals surface area contributed by atoms with Crippen LogP contribution in [0.4, 0.5) is 0 Å². The first-order valence-electron chi connectivity index (χ1n) is 4.75. The molecule has 2 aromatic rings. The Balaban J connectivity index is 2.60. The van der Waals surface area contributed by atoms with Crippen molar-refractivity contribution in [2.24, 2.45) is 0 Å². The molecule has 3 nitrogen and oxygen atoms in total. The zero-order valence-corrected chi connectivity index (χ0v) is 10.9. The third kappa shape index (κ3) is 2.01. The molecule has 2 rings (SSSR count). The Hall–Kier alpha value is -1.20. The molecule has 1 N–H and O–H groups in total. The van der Waals surface area contributed by atoms with Gasteiger partial charge in [0.1, 0.15) is 0 Å². The van der Waals surface area contributed by atoms with Gasteiger partial charge in [-0.2, -0.15) is 5.10 Å². The largest absolute Gasteiger partial charge is 0.296 e. The topological polar surface area (TPSA) is 33.6 Å². The van der Waals surface area contributed by atoms with Gasteiger partial charge in [-0.15, -0.1) is 6.58 Å². The Morgan fingerprint density at radius 2 is 2.25 bits per heavy atom. The number of halogens is 1. The van der Waals surface area contributed by atoms with E-state index in [9.17, 15) is 0 Å². The number of allylic oxidation sites excluding steroid dienone is 1. The maximum absolute atomic E-state index is 5.16. The smallest absolute Gasteiger partial charge is 0.195 e. The van der Waals surface area contributed by atoms with Crippen molar-refractivity contribution in [3.05, 3.63) is 46.2 Å². The summed E-state index contributed by atoms with van der Waals surface area (Å²) in [5, 5.41) is 7.03. The third-order valence-corrected chi connectivity index (χ3v) is 3.19. The predicted molar refractivity (Wildman–Crippen MR) is 70.7 cm³/mol. The van der Waals surface area contributed by atoms with Gasteiger partial charge in [-0.3, -0.25) is 9.67 Å². The number of hydrogen-bond donors (Lipinski definition) is 1. The highest BCUT2D eigenvalue weighted by Gasteiger charge is 2.09. The van der Waals surface area contributed by atoms with Crippen LogP contribution in [0.3, 0.4) is 0 Å². The van der Waals surface area contributed by atoms with Crippen molar-refractivity contribution >= 4 is 28.1 Å². The van der Waals surface area contributed by atoms with E-state index in [1.807, 2.05) is 28.8 Å². The first-order valence-corrected chi connectivity index (χ1v) is 5.95. The van der Waals surface area contributed by atoms with Crippen LogP contribution in [0.25, 0.3) is 11.4 Å². The molecule has 82 valence electrons. The van der Waals surface area contributed by atoms with Gasteiger partial charge < -0.3 is 0 Å². The molecule has 0 saturated carbocycles. The van der Waals surface area contributed by atoms with Crippen LogP contribution < -0.4 is 0 Å². The molecule has 0 amide bonds. The highest BCUT2D eigenvalue weighted by Crippen LogP contribution is 2.26. The molecule has 1 aromatic carbocycles. The van der Waals surface area contributed by atoms with E-state index >= 15 is 0 Å². The molecule has 0 radical (unpaired) electrons. The summed E-state index contributed by atoms with van der Waals surface area (Å²) in [7, 11) is 0. The lowest BCUT2D eigenvalue weighted by atomic mass is 10.2. The van der Waals surface area contributed by atoms with Gasteiger partial charge in [0, 0.05) is 16.6 Å². The number of H-pyrrole nitrogens is 1. The molecule has 0 aliphatic rings. The van der Waals surface area contributed by atoms with Gasteiger partial charge in [-0.05, 0) is 18.3 Å². The maximum atomic E-state index is 5.16. The van der Waals surface area contributed by atoms with E-state index < -0.39 is 0 Å². The quantitative estimate of drug-likeness (QED) is 0.694. The van der Waals surface area contributed by atoms with Gasteiger partial charge in [0.05, 0.1) is 0 Å². The number of aromatic amines is 1. The van der Waals surface area contributed by atoms with Crippen molar-refractivity contribution in [1.29, 1.82) is 0 Å². The fourth-order valence-corrected chi connectivity index (χ4v) is 2.13. The molecule has 1 heterocycles. The molecular formula is C11H10BrN3S. The minimum absolute atomic E-state index is 0.602. The molecule has 1 aromatic heterocycles. The fraction of sp³-hybridized carbons (Fsp3) is 0.0909. The van der Waals surface area contributed by atoms with Gasteiger partial charge >= 0.3 is 0 Å². The molecular weight excluding hydrogens is 286 g/mol. The van der Waals surface area contributed by atoms with E-state index in [4.69, 9.17) is 12.2 Å². The van der Waals surface area contributed by atoms with Gasteiger partial charge in [0.2, 0.25) is 0 Å². The Morgan fingerprint density at radius 1 is 1.50 bits per heavy atom. The van der Waals surface area contributed by atoms with Crippen LogP contribution in [0.1, 0.15) is 0 Å². The van der Waals surface area contributed by atoms with Crippen LogP contribution in [0, 0.1) is 4.77 Å². The summed E-state index contributed by atoms with van der Waals surface area (Å²) in [5.41, 5.74) is 1.01. The lowest BCUT2D eigenvalue weighted by molar-refractivity contribution is 0.814. The van der Waals surface area contributed by atoms with Crippen molar-refractivity contribution in [3.63, 3.8) is 0 Å². The van der Waals surface area contributed by atoms with Gasteiger partial charge in [0.15, 0.2) is 10.6 Å². The Bertz CT molecular complexity index is 571. The molecule has 0 saturated heterocycles. The average Bonchev–Trinajstić information content (AvgIpc) is 2.62. The van der Waals surface area contributed by atoms with Crippen LogP contribution >= 0.6 is 28.1 Å². The van der Waals surface area contributed by atoms with Crippen molar-refractivity contribution in [1.82, 2.24) is 14.8 Å². The monoisotopic (exact) mass is 295 g/mol. The Labute approximate surface area is 107 Å². The van der Waals surface area contributed by atoms with E-state index in [0.717, 1.165) is 15.9 Å². The Kier molecular flexibility index (Phi) is 3.36. The highest BCUT2D eigenvalue weighted by atomic mass is 79.9. The Morgan fingerprint density at radius 3 is 2.94 bits per heavy atom. The maximum Gasteiger partial charge on any atom is 0.195 e. The molecule has 5 heteroatoms. The van der Waals surface area contributed by atoms with Crippen molar-refractivity contribution in [3.8, 4) is 11.4 Å². The van der Waals surface area contributed by atoms with Gasteiger partial charge in [-0.25, -0.2) is 0 Å². The van der Waals surface area contributed by atoms with Crippen molar-refractivity contribution in [2.75, 3.05) is 0 Å². The minimum atomic E-state index is 0.602. The zero-order chi connectivity index (χ0) is 11.5. The average molecular weight is 296 g/mol. The second-order valence-electron chi connectivity index (χ2n) is 3.23. The fourth-order valence-electron chi connectivity index (χ4n) is 1.46. The number of rotatable bonds is 3. The van der Waals surface area contributed by atoms with Crippen molar-refractivity contribution in [2.45, 2.75) is 6.54 Å². The van der Waals surface area contributed by atoms with Crippen LogP contribution in [-0.2, 0) is 6.54 Å². The third-order valence-electron chi connectivity index (χ3n) is 2.18. The number of nitrogens with one attached hydrogen (secondary N) is 1. The molecule has 0 aliphatic heterocycles. The van der Waals surface area contributed by atoms with Crippen LogP contribution in [-0.4, -0.2) is 14.8 Å². The van der Waals surface area contributed by atoms with Crippen LogP contribution in [0.15, 0.2) is 41.4 Å². The standard InChI is InChI=1S/C11H10BrN3S/c1-2-7-15-10(13-14-11(15)16)8-5-3-4-6-9(8)12/h2-6H,1,7H2,(H,14,16). The van der Waals surface area contributed by atoms with E-state index in [-0.39, 0.29) is 0 Å². The molecule has 0 bridgehead atoms. The molecule has 0 atom stereocenters. The normalized spacial score (nSPS) is 10.3. The summed E-state index contributed by atoms with van der Waals surface area (Å²) in [6.07, 6.45) is 1.80. The molecule has 0 spiro atoms. The number of nitrogens with zero attached hydrogens (tertiary/aromatic N) is 2. The summed E-state index contributed by atoms with van der Waals surface area (Å²) >= 11 is 8.66. The van der Waals surface area contributed by atoms with E-state index in [1.54, 1.807) is 6.08 Å². The summed E-state index contributed by atoms with van der Waals surface area (Å²) in [5.74, 6) is 0.817. The lowest BCUT2D eigenvalue weighted by Crippen LogP contribution is -1.98. The molecule has 16 heavy (non-hydrogen) atoms. The molecule has 0 aliphatic carbocycles. The van der Waals surface area contributed by atoms with Crippen LogP contribution in [0.2, 0.25) is 0 Å². The predicted octanol–water partition coefficient (Wildman–Crippen LogP) is 3.56. The number of aromatic nitrogens is 3. The van der Waals surface area contributed by atoms with Gasteiger partial charge in [0.25, 0.3) is 0 Å². The second-order valence-corrected chi connectivity index (χ2v) is 4.47. The summed E-state index contributed by atoms with van der Waals surface area (Å²) < 4.78 is 3.50. The zero-order valence-electron chi connectivity index (χ0n) is 8.48. The molecule has 0 unspecified atom stereocenters. The lowest BCUT2D eigenvalue weighted by Gasteiger charge is -2.05. The summed E-state index contributed by atoms with van der Waals surface area (Å²) in [6, 6.07) is 7.91. The SMILES string of the molecule is C=CCn1c(-c2ccccc2Br)n[nH]c1=S. The summed E-state index contributed by atoms with van der Waals surface area (Å²) in [4.78, 5) is 0. The first kappa shape index (κ1) is 11.3. The molecule has 0 fully saturated rings.